The monoisotopic (exact) mass is 364 g/mol. The molecule has 1 N–H and O–H groups in total. The van der Waals surface area contributed by atoms with Gasteiger partial charge < -0.3 is 14.5 Å². The van der Waals surface area contributed by atoms with Crippen molar-refractivity contribution in [3.8, 4) is 0 Å². The number of hydrogen-bond acceptors (Lipinski definition) is 5. The molecule has 0 aliphatic rings. The Morgan fingerprint density at radius 1 is 1.17 bits per heavy atom. The standard InChI is InChI=1S/C16H10Cl2N2O4/c17-10-2-4-12(11(18)6-10)20-15(21)7-23-16(22)9-1-3-13-14(5-9)24-8-19-13/h1-6,8H,7H2,(H,20,21). The van der Waals surface area contributed by atoms with Crippen molar-refractivity contribution in [1.82, 2.24) is 4.98 Å². The van der Waals surface area contributed by atoms with Gasteiger partial charge in [-0.25, -0.2) is 9.78 Å². The number of nitrogens with zero attached hydrogens (tertiary/aromatic N) is 1. The number of rotatable bonds is 4. The predicted octanol–water partition coefficient (Wildman–Crippen LogP) is 3.93. The van der Waals surface area contributed by atoms with Gasteiger partial charge in [-0.15, -0.1) is 0 Å². The maximum Gasteiger partial charge on any atom is 0.338 e. The van der Waals surface area contributed by atoms with Gasteiger partial charge in [0.2, 0.25) is 0 Å². The molecule has 8 heteroatoms. The number of nitrogens with one attached hydrogen (secondary N) is 1. The number of hydrogen-bond donors (Lipinski definition) is 1. The molecule has 0 saturated heterocycles. The van der Waals surface area contributed by atoms with Crippen molar-refractivity contribution >= 4 is 51.9 Å². The molecule has 3 rings (SSSR count). The highest BCUT2D eigenvalue weighted by atomic mass is 35.5. The van der Waals surface area contributed by atoms with E-state index >= 15 is 0 Å². The van der Waals surface area contributed by atoms with E-state index in [0.29, 0.717) is 21.8 Å². The average molecular weight is 365 g/mol. The fraction of sp³-hybridized carbons (Fsp3) is 0.0625. The van der Waals surface area contributed by atoms with Crippen LogP contribution in [0.3, 0.4) is 0 Å². The first-order valence-electron chi connectivity index (χ1n) is 6.78. The Hall–Kier alpha value is -2.57. The Bertz CT molecular complexity index is 923. The van der Waals surface area contributed by atoms with Crippen molar-refractivity contribution in [3.05, 3.63) is 58.4 Å². The van der Waals surface area contributed by atoms with Crippen molar-refractivity contribution < 1.29 is 18.7 Å². The van der Waals surface area contributed by atoms with E-state index in [2.05, 4.69) is 10.3 Å². The largest absolute Gasteiger partial charge is 0.452 e. The predicted molar refractivity (Wildman–Crippen MR) is 89.4 cm³/mol. The zero-order chi connectivity index (χ0) is 17.1. The lowest BCUT2D eigenvalue weighted by Crippen LogP contribution is -2.21. The SMILES string of the molecule is O=C(COC(=O)c1ccc2ncoc2c1)Nc1ccc(Cl)cc1Cl. The number of halogens is 2. The number of anilines is 1. The first kappa shape index (κ1) is 16.3. The van der Waals surface area contributed by atoms with Crippen molar-refractivity contribution in [2.45, 2.75) is 0 Å². The van der Waals surface area contributed by atoms with Crippen molar-refractivity contribution in [1.29, 1.82) is 0 Å². The smallest absolute Gasteiger partial charge is 0.338 e. The van der Waals surface area contributed by atoms with Gasteiger partial charge in [0.15, 0.2) is 18.6 Å². The molecule has 24 heavy (non-hydrogen) atoms. The zero-order valence-electron chi connectivity index (χ0n) is 12.1. The summed E-state index contributed by atoms with van der Waals surface area (Å²) in [5.41, 5.74) is 1.73. The molecule has 0 aliphatic heterocycles. The van der Waals surface area contributed by atoms with Gasteiger partial charge in [-0.3, -0.25) is 4.79 Å². The minimum absolute atomic E-state index is 0.261. The lowest BCUT2D eigenvalue weighted by atomic mass is 10.2. The minimum Gasteiger partial charge on any atom is -0.452 e. The van der Waals surface area contributed by atoms with Gasteiger partial charge in [0.05, 0.1) is 16.3 Å². The second kappa shape index (κ2) is 6.90. The highest BCUT2D eigenvalue weighted by Crippen LogP contribution is 2.25. The molecule has 1 amide bonds. The molecular formula is C16H10Cl2N2O4. The molecule has 1 aromatic heterocycles. The highest BCUT2D eigenvalue weighted by molar-refractivity contribution is 6.36. The number of carbonyl (C=O) groups excluding carboxylic acids is 2. The molecule has 122 valence electrons. The third-order valence-electron chi connectivity index (χ3n) is 3.11. The number of amides is 1. The van der Waals surface area contributed by atoms with Crippen LogP contribution < -0.4 is 5.32 Å². The molecule has 0 atom stereocenters. The molecule has 0 radical (unpaired) electrons. The van der Waals surface area contributed by atoms with E-state index in [1.165, 1.54) is 18.5 Å². The van der Waals surface area contributed by atoms with E-state index in [1.54, 1.807) is 24.3 Å². The molecule has 3 aromatic rings. The van der Waals surface area contributed by atoms with E-state index in [9.17, 15) is 9.59 Å². The summed E-state index contributed by atoms with van der Waals surface area (Å²) < 4.78 is 10.1. The summed E-state index contributed by atoms with van der Waals surface area (Å²) in [6, 6.07) is 9.31. The number of benzene rings is 2. The van der Waals surface area contributed by atoms with E-state index in [1.807, 2.05) is 0 Å². The van der Waals surface area contributed by atoms with E-state index < -0.39 is 18.5 Å². The van der Waals surface area contributed by atoms with Gasteiger partial charge in [0.25, 0.3) is 5.91 Å². The van der Waals surface area contributed by atoms with Crippen LogP contribution in [0.5, 0.6) is 0 Å². The highest BCUT2D eigenvalue weighted by Gasteiger charge is 2.13. The van der Waals surface area contributed by atoms with Crippen LogP contribution in [0.25, 0.3) is 11.1 Å². The van der Waals surface area contributed by atoms with Crippen LogP contribution in [-0.4, -0.2) is 23.5 Å². The Balaban J connectivity index is 1.60. The number of aromatic nitrogens is 1. The zero-order valence-corrected chi connectivity index (χ0v) is 13.6. The molecule has 0 bridgehead atoms. The third kappa shape index (κ3) is 3.67. The van der Waals surface area contributed by atoms with Crippen molar-refractivity contribution in [2.75, 3.05) is 11.9 Å². The number of oxazole rings is 1. The molecule has 1 heterocycles. The molecule has 2 aromatic carbocycles. The fourth-order valence-electron chi connectivity index (χ4n) is 1.97. The van der Waals surface area contributed by atoms with E-state index in [0.717, 1.165) is 0 Å². The number of carbonyl (C=O) groups is 2. The number of fused-ring (bicyclic) bond motifs is 1. The summed E-state index contributed by atoms with van der Waals surface area (Å²) in [4.78, 5) is 27.8. The molecule has 0 aliphatic carbocycles. The number of ether oxygens (including phenoxy) is 1. The van der Waals surface area contributed by atoms with Crippen LogP contribution in [-0.2, 0) is 9.53 Å². The lowest BCUT2D eigenvalue weighted by Gasteiger charge is -2.08. The van der Waals surface area contributed by atoms with Crippen LogP contribution in [0.2, 0.25) is 10.0 Å². The summed E-state index contributed by atoms with van der Waals surface area (Å²) in [6.45, 7) is -0.452. The maximum atomic E-state index is 12.0. The van der Waals surface area contributed by atoms with Gasteiger partial charge in [0.1, 0.15) is 5.52 Å². The first-order chi connectivity index (χ1) is 11.5. The number of esters is 1. The van der Waals surface area contributed by atoms with Gasteiger partial charge in [-0.1, -0.05) is 23.2 Å². The van der Waals surface area contributed by atoms with Crippen molar-refractivity contribution in [2.24, 2.45) is 0 Å². The molecule has 6 nitrogen and oxygen atoms in total. The summed E-state index contributed by atoms with van der Waals surface area (Å²) in [5.74, 6) is -1.17. The summed E-state index contributed by atoms with van der Waals surface area (Å²) in [6.07, 6.45) is 1.28. The van der Waals surface area contributed by atoms with E-state index in [4.69, 9.17) is 32.4 Å². The molecule has 0 spiro atoms. The van der Waals surface area contributed by atoms with Gasteiger partial charge in [-0.05, 0) is 36.4 Å². The Morgan fingerprint density at radius 3 is 2.79 bits per heavy atom. The molecule has 0 fully saturated rings. The fourth-order valence-corrected chi connectivity index (χ4v) is 2.43. The third-order valence-corrected chi connectivity index (χ3v) is 3.65. The van der Waals surface area contributed by atoms with Gasteiger partial charge >= 0.3 is 5.97 Å². The normalized spacial score (nSPS) is 10.6. The molecule has 0 saturated carbocycles. The summed E-state index contributed by atoms with van der Waals surface area (Å²) >= 11 is 11.7. The second-order valence-electron chi connectivity index (χ2n) is 4.78. The maximum absolute atomic E-state index is 12.0. The van der Waals surface area contributed by atoms with Crippen LogP contribution in [0.1, 0.15) is 10.4 Å². The van der Waals surface area contributed by atoms with Gasteiger partial charge in [-0.2, -0.15) is 0 Å². The van der Waals surface area contributed by atoms with Crippen LogP contribution in [0.15, 0.2) is 47.2 Å². The summed E-state index contributed by atoms with van der Waals surface area (Å²) in [7, 11) is 0. The quantitative estimate of drug-likeness (QED) is 0.709. The van der Waals surface area contributed by atoms with E-state index in [-0.39, 0.29) is 10.6 Å². The van der Waals surface area contributed by atoms with Gasteiger partial charge in [0, 0.05) is 5.02 Å². The van der Waals surface area contributed by atoms with Crippen LogP contribution in [0, 0.1) is 0 Å². The topological polar surface area (TPSA) is 81.4 Å². The average Bonchev–Trinajstić information content (AvgIpc) is 3.03. The lowest BCUT2D eigenvalue weighted by molar-refractivity contribution is -0.119. The first-order valence-corrected chi connectivity index (χ1v) is 7.54. The molecular weight excluding hydrogens is 355 g/mol. The molecule has 0 unspecified atom stereocenters. The van der Waals surface area contributed by atoms with Crippen molar-refractivity contribution in [3.63, 3.8) is 0 Å². The summed E-state index contributed by atoms with van der Waals surface area (Å²) in [5, 5.41) is 3.28. The Morgan fingerprint density at radius 2 is 2.00 bits per heavy atom. The second-order valence-corrected chi connectivity index (χ2v) is 5.63. The van der Waals surface area contributed by atoms with Crippen LogP contribution in [0.4, 0.5) is 5.69 Å². The Kier molecular flexibility index (Phi) is 4.69. The Labute approximate surface area is 146 Å². The van der Waals surface area contributed by atoms with Crippen LogP contribution >= 0.6 is 23.2 Å². The minimum atomic E-state index is -0.648.